The molecule has 142 valence electrons. The number of hydrogen-bond acceptors (Lipinski definition) is 3. The summed E-state index contributed by atoms with van der Waals surface area (Å²) >= 11 is 5.22. The van der Waals surface area contributed by atoms with E-state index >= 15 is 0 Å². The lowest BCUT2D eigenvalue weighted by Gasteiger charge is -2.23. The van der Waals surface area contributed by atoms with Crippen LogP contribution < -0.4 is 16.0 Å². The Morgan fingerprint density at radius 2 is 1.85 bits per heavy atom. The van der Waals surface area contributed by atoms with E-state index in [2.05, 4.69) is 22.9 Å². The van der Waals surface area contributed by atoms with Gasteiger partial charge in [0.05, 0.1) is 11.3 Å². The number of carbonyl (C=O) groups is 2. The van der Waals surface area contributed by atoms with Crippen LogP contribution in [0.2, 0.25) is 0 Å². The van der Waals surface area contributed by atoms with E-state index in [0.717, 1.165) is 32.1 Å². The first-order valence-electron chi connectivity index (χ1n) is 9.61. The van der Waals surface area contributed by atoms with Crippen molar-refractivity contribution in [3.05, 3.63) is 29.8 Å². The zero-order chi connectivity index (χ0) is 18.8. The molecule has 0 radical (unpaired) electrons. The predicted molar refractivity (Wildman–Crippen MR) is 109 cm³/mol. The molecule has 1 aliphatic rings. The minimum Gasteiger partial charge on any atom is -0.349 e. The number of rotatable bonds is 7. The lowest BCUT2D eigenvalue weighted by atomic mass is 9.95. The average molecular weight is 376 g/mol. The van der Waals surface area contributed by atoms with Crippen LogP contribution in [0.4, 0.5) is 5.69 Å². The van der Waals surface area contributed by atoms with Gasteiger partial charge < -0.3 is 16.0 Å². The predicted octanol–water partition coefficient (Wildman–Crippen LogP) is 4.14. The van der Waals surface area contributed by atoms with Crippen LogP contribution in [0.3, 0.4) is 0 Å². The zero-order valence-corrected chi connectivity index (χ0v) is 16.3. The van der Waals surface area contributed by atoms with Crippen LogP contribution in [-0.4, -0.2) is 23.0 Å². The van der Waals surface area contributed by atoms with Crippen molar-refractivity contribution in [1.29, 1.82) is 0 Å². The standard InChI is InChI=1S/C20H29N3O2S/c1-2-3-5-14-18(24)23-20(26)22-17-13-9-8-12-16(17)19(25)21-15-10-6-4-7-11-15/h8-9,12-13,15H,2-7,10-11,14H2,1H3,(H,21,25)(H2,22,23,24,26). The Bertz CT molecular complexity index is 627. The topological polar surface area (TPSA) is 70.2 Å². The molecule has 0 bridgehead atoms. The second-order valence-electron chi connectivity index (χ2n) is 6.81. The summed E-state index contributed by atoms with van der Waals surface area (Å²) in [5.74, 6) is -0.197. The Morgan fingerprint density at radius 3 is 2.58 bits per heavy atom. The summed E-state index contributed by atoms with van der Waals surface area (Å²) in [6, 6.07) is 7.48. The Labute approximate surface area is 161 Å². The zero-order valence-electron chi connectivity index (χ0n) is 15.5. The van der Waals surface area contributed by atoms with Gasteiger partial charge in [-0.05, 0) is 43.6 Å². The SMILES string of the molecule is CCCCCC(=O)NC(=S)Nc1ccccc1C(=O)NC1CCCCC1. The second kappa shape index (κ2) is 10.9. The van der Waals surface area contributed by atoms with Crippen molar-refractivity contribution >= 4 is 34.8 Å². The van der Waals surface area contributed by atoms with Crippen molar-refractivity contribution in [1.82, 2.24) is 10.6 Å². The molecular weight excluding hydrogens is 346 g/mol. The average Bonchev–Trinajstić information content (AvgIpc) is 2.63. The van der Waals surface area contributed by atoms with E-state index in [1.165, 1.54) is 19.3 Å². The third kappa shape index (κ3) is 6.75. The van der Waals surface area contributed by atoms with Crippen molar-refractivity contribution in [2.45, 2.75) is 70.8 Å². The smallest absolute Gasteiger partial charge is 0.253 e. The van der Waals surface area contributed by atoms with Crippen LogP contribution in [0.1, 0.15) is 75.1 Å². The first-order valence-corrected chi connectivity index (χ1v) is 10.0. The molecule has 0 saturated heterocycles. The number of benzene rings is 1. The molecule has 3 N–H and O–H groups in total. The van der Waals surface area contributed by atoms with E-state index in [-0.39, 0.29) is 23.0 Å². The number of hydrogen-bond donors (Lipinski definition) is 3. The Balaban J connectivity index is 1.91. The molecule has 0 spiro atoms. The monoisotopic (exact) mass is 375 g/mol. The van der Waals surface area contributed by atoms with Crippen LogP contribution in [0.15, 0.2) is 24.3 Å². The molecule has 5 nitrogen and oxygen atoms in total. The second-order valence-corrected chi connectivity index (χ2v) is 7.22. The third-order valence-electron chi connectivity index (χ3n) is 4.62. The molecule has 1 fully saturated rings. The van der Waals surface area contributed by atoms with Crippen molar-refractivity contribution < 1.29 is 9.59 Å². The summed E-state index contributed by atoms with van der Waals surface area (Å²) in [6.45, 7) is 2.10. The normalized spacial score (nSPS) is 14.5. The summed E-state index contributed by atoms with van der Waals surface area (Å²) in [4.78, 5) is 24.5. The maximum Gasteiger partial charge on any atom is 0.253 e. The van der Waals surface area contributed by atoms with Gasteiger partial charge in [-0.2, -0.15) is 0 Å². The van der Waals surface area contributed by atoms with Gasteiger partial charge in [-0.25, -0.2) is 0 Å². The molecule has 1 aromatic carbocycles. The highest BCUT2D eigenvalue weighted by Gasteiger charge is 2.18. The maximum absolute atomic E-state index is 12.6. The van der Waals surface area contributed by atoms with Gasteiger partial charge in [0.2, 0.25) is 5.91 Å². The minimum atomic E-state index is -0.0999. The Kier molecular flexibility index (Phi) is 8.54. The first kappa shape index (κ1) is 20.4. The summed E-state index contributed by atoms with van der Waals surface area (Å²) in [5, 5.41) is 9.01. The summed E-state index contributed by atoms with van der Waals surface area (Å²) in [5.41, 5.74) is 1.15. The van der Waals surface area contributed by atoms with Crippen molar-refractivity contribution in [3.63, 3.8) is 0 Å². The highest BCUT2D eigenvalue weighted by atomic mass is 32.1. The quantitative estimate of drug-likeness (QED) is 0.495. The van der Waals surface area contributed by atoms with Gasteiger partial charge in [0.15, 0.2) is 5.11 Å². The number of thiocarbonyl (C=S) groups is 1. The van der Waals surface area contributed by atoms with Gasteiger partial charge in [-0.1, -0.05) is 51.2 Å². The molecule has 0 unspecified atom stereocenters. The Hall–Kier alpha value is -1.95. The summed E-state index contributed by atoms with van der Waals surface area (Å²) in [7, 11) is 0. The van der Waals surface area contributed by atoms with Gasteiger partial charge in [0.25, 0.3) is 5.91 Å². The van der Waals surface area contributed by atoms with E-state index < -0.39 is 0 Å². The molecular formula is C20H29N3O2S. The lowest BCUT2D eigenvalue weighted by molar-refractivity contribution is -0.119. The molecule has 26 heavy (non-hydrogen) atoms. The van der Waals surface area contributed by atoms with Crippen LogP contribution in [0.5, 0.6) is 0 Å². The fourth-order valence-electron chi connectivity index (χ4n) is 3.18. The fourth-order valence-corrected chi connectivity index (χ4v) is 3.40. The van der Waals surface area contributed by atoms with Gasteiger partial charge in [0.1, 0.15) is 0 Å². The molecule has 6 heteroatoms. The van der Waals surface area contributed by atoms with Crippen LogP contribution in [0, 0.1) is 0 Å². The van der Waals surface area contributed by atoms with Crippen LogP contribution >= 0.6 is 12.2 Å². The largest absolute Gasteiger partial charge is 0.349 e. The lowest BCUT2D eigenvalue weighted by Crippen LogP contribution is -2.37. The van der Waals surface area contributed by atoms with Gasteiger partial charge in [0, 0.05) is 12.5 Å². The third-order valence-corrected chi connectivity index (χ3v) is 4.82. The number of para-hydroxylation sites is 1. The van der Waals surface area contributed by atoms with E-state index in [0.29, 0.717) is 17.7 Å². The molecule has 1 aromatic rings. The molecule has 0 heterocycles. The van der Waals surface area contributed by atoms with E-state index in [4.69, 9.17) is 12.2 Å². The molecule has 0 aliphatic heterocycles. The number of nitrogens with one attached hydrogen (secondary N) is 3. The summed E-state index contributed by atoms with van der Waals surface area (Å²) < 4.78 is 0. The molecule has 2 amide bonds. The number of amides is 2. The molecule has 1 aliphatic carbocycles. The number of unbranched alkanes of at least 4 members (excludes halogenated alkanes) is 2. The van der Waals surface area contributed by atoms with Crippen molar-refractivity contribution in [3.8, 4) is 0 Å². The van der Waals surface area contributed by atoms with E-state index in [9.17, 15) is 9.59 Å². The van der Waals surface area contributed by atoms with E-state index in [1.54, 1.807) is 12.1 Å². The minimum absolute atomic E-state index is 0.0971. The van der Waals surface area contributed by atoms with Crippen LogP contribution in [-0.2, 0) is 4.79 Å². The Morgan fingerprint density at radius 1 is 1.12 bits per heavy atom. The van der Waals surface area contributed by atoms with Crippen molar-refractivity contribution in [2.75, 3.05) is 5.32 Å². The summed E-state index contributed by atoms with van der Waals surface area (Å²) in [6.07, 6.45) is 9.05. The highest BCUT2D eigenvalue weighted by molar-refractivity contribution is 7.80. The van der Waals surface area contributed by atoms with E-state index in [1.807, 2.05) is 12.1 Å². The number of carbonyl (C=O) groups excluding carboxylic acids is 2. The van der Waals surface area contributed by atoms with Crippen molar-refractivity contribution in [2.24, 2.45) is 0 Å². The maximum atomic E-state index is 12.6. The van der Waals surface area contributed by atoms with Gasteiger partial charge >= 0.3 is 0 Å². The highest BCUT2D eigenvalue weighted by Crippen LogP contribution is 2.20. The molecule has 1 saturated carbocycles. The van der Waals surface area contributed by atoms with Gasteiger partial charge in [-0.3, -0.25) is 9.59 Å². The van der Waals surface area contributed by atoms with Crippen LogP contribution in [0.25, 0.3) is 0 Å². The first-order chi connectivity index (χ1) is 12.6. The fraction of sp³-hybridized carbons (Fsp3) is 0.550. The molecule has 0 aromatic heterocycles. The molecule has 0 atom stereocenters. The molecule has 2 rings (SSSR count). The number of anilines is 1. The van der Waals surface area contributed by atoms with Gasteiger partial charge in [-0.15, -0.1) is 0 Å².